The molecule has 1 aromatic heterocycles. The Hall–Kier alpha value is -3.57. The predicted molar refractivity (Wildman–Crippen MR) is 128 cm³/mol. The van der Waals surface area contributed by atoms with Gasteiger partial charge in [0.05, 0.1) is 26.6 Å². The van der Waals surface area contributed by atoms with Gasteiger partial charge in [-0.3, -0.25) is 9.59 Å². The van der Waals surface area contributed by atoms with Crippen LogP contribution in [0.2, 0.25) is 0 Å². The number of amides is 2. The van der Waals surface area contributed by atoms with E-state index in [9.17, 15) is 14.7 Å². The molecular formula is C23H27N5O5S. The molecule has 0 spiro atoms. The van der Waals surface area contributed by atoms with Crippen molar-refractivity contribution in [2.24, 2.45) is 0 Å². The number of carbonyl (C=O) groups excluding carboxylic acids is 2. The minimum absolute atomic E-state index is 0.108. The number of rotatable bonds is 11. The third-order valence-corrected chi connectivity index (χ3v) is 5.87. The summed E-state index contributed by atoms with van der Waals surface area (Å²) in [5.74, 6) is 1.22. The second kappa shape index (κ2) is 12.1. The Labute approximate surface area is 201 Å². The molecule has 0 aliphatic rings. The maximum atomic E-state index is 12.6. The highest BCUT2D eigenvalue weighted by molar-refractivity contribution is 7.99. The van der Waals surface area contributed by atoms with Gasteiger partial charge in [-0.05, 0) is 43.3 Å². The van der Waals surface area contributed by atoms with E-state index >= 15 is 0 Å². The Morgan fingerprint density at radius 3 is 2.47 bits per heavy atom. The second-order valence-corrected chi connectivity index (χ2v) is 8.03. The van der Waals surface area contributed by atoms with Crippen LogP contribution in [0.3, 0.4) is 0 Å². The lowest BCUT2D eigenvalue weighted by Gasteiger charge is -2.17. The van der Waals surface area contributed by atoms with E-state index in [-0.39, 0.29) is 24.2 Å². The molecule has 0 aliphatic heterocycles. The summed E-state index contributed by atoms with van der Waals surface area (Å²) in [6.07, 6.45) is 0. The molecule has 3 aromatic rings. The van der Waals surface area contributed by atoms with Crippen LogP contribution in [0.1, 0.15) is 29.1 Å². The standard InChI is InChI=1S/C23H27N5O5S/c1-4-28-21(19(13-29)25-22(31)15-8-10-17(32-2)11-9-15)26-27-23(28)34-14-20(30)24-16-6-5-7-18(12-16)33-3/h5-12,19,29H,4,13-14H2,1-3H3,(H,24,30)(H,25,31)/t19-/m1/s1. The molecule has 180 valence electrons. The Bertz CT molecular complexity index is 1120. The van der Waals surface area contributed by atoms with E-state index in [0.29, 0.717) is 40.3 Å². The van der Waals surface area contributed by atoms with E-state index in [0.717, 1.165) is 0 Å². The van der Waals surface area contributed by atoms with Crippen LogP contribution in [0.4, 0.5) is 5.69 Å². The first-order chi connectivity index (χ1) is 16.5. The molecule has 3 rings (SSSR count). The molecule has 0 saturated carbocycles. The first-order valence-electron chi connectivity index (χ1n) is 10.5. The van der Waals surface area contributed by atoms with E-state index in [2.05, 4.69) is 20.8 Å². The van der Waals surface area contributed by atoms with E-state index in [1.54, 1.807) is 67.3 Å². The molecule has 0 fully saturated rings. The number of hydrogen-bond donors (Lipinski definition) is 3. The van der Waals surface area contributed by atoms with Gasteiger partial charge in [-0.2, -0.15) is 0 Å². The fourth-order valence-corrected chi connectivity index (χ4v) is 3.98. The lowest BCUT2D eigenvalue weighted by atomic mass is 10.2. The summed E-state index contributed by atoms with van der Waals surface area (Å²) >= 11 is 1.21. The van der Waals surface area contributed by atoms with Crippen molar-refractivity contribution >= 4 is 29.3 Å². The number of hydrogen-bond acceptors (Lipinski definition) is 8. The van der Waals surface area contributed by atoms with E-state index in [4.69, 9.17) is 9.47 Å². The zero-order chi connectivity index (χ0) is 24.5. The number of nitrogens with one attached hydrogen (secondary N) is 2. The largest absolute Gasteiger partial charge is 0.497 e. The normalized spacial score (nSPS) is 11.5. The smallest absolute Gasteiger partial charge is 0.251 e. The Kier molecular flexibility index (Phi) is 8.88. The third-order valence-electron chi connectivity index (χ3n) is 4.90. The number of thioether (sulfide) groups is 1. The fraction of sp³-hybridized carbons (Fsp3) is 0.304. The predicted octanol–water partition coefficient (Wildman–Crippen LogP) is 2.51. The number of aromatic nitrogens is 3. The van der Waals surface area contributed by atoms with Gasteiger partial charge in [0.2, 0.25) is 5.91 Å². The maximum absolute atomic E-state index is 12.6. The lowest BCUT2D eigenvalue weighted by molar-refractivity contribution is -0.113. The zero-order valence-corrected chi connectivity index (χ0v) is 20.0. The summed E-state index contributed by atoms with van der Waals surface area (Å²) in [7, 11) is 3.11. The number of ether oxygens (including phenoxy) is 2. The molecule has 0 radical (unpaired) electrons. The highest BCUT2D eigenvalue weighted by Crippen LogP contribution is 2.22. The number of carbonyl (C=O) groups is 2. The van der Waals surface area contributed by atoms with E-state index in [1.165, 1.54) is 11.8 Å². The van der Waals surface area contributed by atoms with Gasteiger partial charge in [-0.1, -0.05) is 17.8 Å². The molecule has 2 amide bonds. The topological polar surface area (TPSA) is 128 Å². The molecule has 0 unspecified atom stereocenters. The van der Waals surface area contributed by atoms with Gasteiger partial charge in [-0.25, -0.2) is 0 Å². The van der Waals surface area contributed by atoms with Gasteiger partial charge < -0.3 is 29.8 Å². The highest BCUT2D eigenvalue weighted by Gasteiger charge is 2.23. The second-order valence-electron chi connectivity index (χ2n) is 7.09. The van der Waals surface area contributed by atoms with Crippen molar-refractivity contribution in [2.75, 3.05) is 31.9 Å². The summed E-state index contributed by atoms with van der Waals surface area (Å²) < 4.78 is 12.0. The number of aliphatic hydroxyl groups is 1. The molecule has 3 N–H and O–H groups in total. The summed E-state index contributed by atoms with van der Waals surface area (Å²) in [6.45, 7) is 2.03. The third kappa shape index (κ3) is 6.27. The van der Waals surface area contributed by atoms with Crippen molar-refractivity contribution in [3.05, 3.63) is 59.9 Å². The van der Waals surface area contributed by atoms with Crippen LogP contribution < -0.4 is 20.1 Å². The Balaban J connectivity index is 1.65. The zero-order valence-electron chi connectivity index (χ0n) is 19.1. The van der Waals surface area contributed by atoms with Crippen molar-refractivity contribution < 1.29 is 24.2 Å². The number of aliphatic hydroxyl groups excluding tert-OH is 1. The van der Waals surface area contributed by atoms with Gasteiger partial charge >= 0.3 is 0 Å². The Morgan fingerprint density at radius 1 is 1.09 bits per heavy atom. The molecule has 10 nitrogen and oxygen atoms in total. The summed E-state index contributed by atoms with van der Waals surface area (Å²) in [4.78, 5) is 25.0. The van der Waals surface area contributed by atoms with E-state index in [1.807, 2.05) is 6.92 Å². The lowest BCUT2D eigenvalue weighted by Crippen LogP contribution is -2.32. The molecule has 0 aliphatic carbocycles. The summed E-state index contributed by atoms with van der Waals surface area (Å²) in [6, 6.07) is 13.0. The molecule has 11 heteroatoms. The van der Waals surface area contributed by atoms with Gasteiger partial charge in [0, 0.05) is 23.9 Å². The maximum Gasteiger partial charge on any atom is 0.251 e. The first kappa shape index (κ1) is 25.1. The minimum Gasteiger partial charge on any atom is -0.497 e. The molecule has 0 bridgehead atoms. The number of methoxy groups -OCH3 is 2. The van der Waals surface area contributed by atoms with Crippen LogP contribution >= 0.6 is 11.8 Å². The molecule has 1 atom stereocenters. The van der Waals surface area contributed by atoms with Crippen LogP contribution in [0.5, 0.6) is 11.5 Å². The highest BCUT2D eigenvalue weighted by atomic mass is 32.2. The number of nitrogens with zero attached hydrogens (tertiary/aromatic N) is 3. The van der Waals surface area contributed by atoms with Crippen LogP contribution in [-0.4, -0.2) is 58.3 Å². The Morgan fingerprint density at radius 2 is 1.82 bits per heavy atom. The number of anilines is 1. The molecular weight excluding hydrogens is 458 g/mol. The first-order valence-corrected chi connectivity index (χ1v) is 11.5. The van der Waals surface area contributed by atoms with Crippen LogP contribution in [0.25, 0.3) is 0 Å². The van der Waals surface area contributed by atoms with Crippen LogP contribution in [0, 0.1) is 0 Å². The van der Waals surface area contributed by atoms with Crippen molar-refractivity contribution in [3.8, 4) is 11.5 Å². The van der Waals surface area contributed by atoms with E-state index < -0.39 is 6.04 Å². The summed E-state index contributed by atoms with van der Waals surface area (Å²) in [5.41, 5.74) is 1.05. The van der Waals surface area contributed by atoms with Crippen LogP contribution in [0.15, 0.2) is 53.7 Å². The molecule has 34 heavy (non-hydrogen) atoms. The average molecular weight is 486 g/mol. The molecule has 2 aromatic carbocycles. The quantitative estimate of drug-likeness (QED) is 0.354. The van der Waals surface area contributed by atoms with Gasteiger partial charge in [0.25, 0.3) is 5.91 Å². The fourth-order valence-electron chi connectivity index (χ4n) is 3.17. The van der Waals surface area contributed by atoms with Crippen molar-refractivity contribution in [1.29, 1.82) is 0 Å². The molecule has 1 heterocycles. The van der Waals surface area contributed by atoms with Gasteiger partial charge in [-0.15, -0.1) is 10.2 Å². The SMILES string of the molecule is CCn1c(SCC(=O)Nc2cccc(OC)c2)nnc1[C@@H](CO)NC(=O)c1ccc(OC)cc1. The molecule has 0 saturated heterocycles. The monoisotopic (exact) mass is 485 g/mol. The minimum atomic E-state index is -0.762. The summed E-state index contributed by atoms with van der Waals surface area (Å²) in [5, 5.41) is 24.3. The average Bonchev–Trinajstić information content (AvgIpc) is 3.28. The van der Waals surface area contributed by atoms with Crippen molar-refractivity contribution in [1.82, 2.24) is 20.1 Å². The van der Waals surface area contributed by atoms with Crippen molar-refractivity contribution in [3.63, 3.8) is 0 Å². The van der Waals surface area contributed by atoms with Crippen molar-refractivity contribution in [2.45, 2.75) is 24.7 Å². The van der Waals surface area contributed by atoms with Gasteiger partial charge in [0.1, 0.15) is 17.5 Å². The van der Waals surface area contributed by atoms with Gasteiger partial charge in [0.15, 0.2) is 11.0 Å². The number of benzene rings is 2. The van der Waals surface area contributed by atoms with Crippen LogP contribution in [-0.2, 0) is 11.3 Å².